The molecule has 0 aromatic carbocycles. The molecule has 34 heavy (non-hydrogen) atoms. The van der Waals surface area contributed by atoms with Crippen LogP contribution in [0.5, 0.6) is 0 Å². The van der Waals surface area contributed by atoms with Crippen molar-refractivity contribution in [2.75, 3.05) is 23.0 Å². The quantitative estimate of drug-likeness (QED) is 0.201. The average molecular weight is 609 g/mol. The largest absolute Gasteiger partial charge is 0.282 e. The van der Waals surface area contributed by atoms with E-state index < -0.39 is 0 Å². The van der Waals surface area contributed by atoms with E-state index in [2.05, 4.69) is 50.5 Å². The Bertz CT molecular complexity index is 771. The fraction of sp³-hybridized carbons (Fsp3) is 0.583. The number of thioether (sulfide) groups is 8. The first-order valence-electron chi connectivity index (χ1n) is 11.3. The highest BCUT2D eigenvalue weighted by Gasteiger charge is 2.29. The van der Waals surface area contributed by atoms with E-state index in [0.717, 1.165) is 22.0 Å². The van der Waals surface area contributed by atoms with E-state index in [9.17, 15) is 9.59 Å². The van der Waals surface area contributed by atoms with Gasteiger partial charge in [-0.1, -0.05) is 43.1 Å². The molecule has 0 amide bonds. The van der Waals surface area contributed by atoms with E-state index >= 15 is 0 Å². The van der Waals surface area contributed by atoms with Crippen molar-refractivity contribution in [2.24, 2.45) is 0 Å². The Hall–Kier alpha value is 1.10. The van der Waals surface area contributed by atoms with Gasteiger partial charge in [0.25, 0.3) is 0 Å². The molecular formula is C24H32O2S8. The molecule has 1 fully saturated rings. The highest BCUT2D eigenvalue weighted by atomic mass is 32.2. The van der Waals surface area contributed by atoms with Gasteiger partial charge in [-0.05, 0) is 55.1 Å². The number of carbonyl (C=O) groups excluding carboxylic acids is 2. The SMILES string of the molecule is C=CC(=O)SCC1=C(C)SC(CSC2CCCC(SCC3SC(C)=C(CSC(=O)C=C)S3)C2)S1. The van der Waals surface area contributed by atoms with Crippen LogP contribution in [-0.4, -0.2) is 52.9 Å². The molecule has 0 aromatic heterocycles. The lowest BCUT2D eigenvalue weighted by molar-refractivity contribution is -0.107. The van der Waals surface area contributed by atoms with Crippen LogP contribution in [0.25, 0.3) is 0 Å². The van der Waals surface area contributed by atoms with Crippen LogP contribution in [0.1, 0.15) is 39.5 Å². The van der Waals surface area contributed by atoms with Crippen molar-refractivity contribution in [3.63, 3.8) is 0 Å². The first-order valence-corrected chi connectivity index (χ1v) is 18.8. The second kappa shape index (κ2) is 15.5. The zero-order valence-corrected chi connectivity index (χ0v) is 26.1. The molecule has 2 nitrogen and oxygen atoms in total. The van der Waals surface area contributed by atoms with Gasteiger partial charge in [0.15, 0.2) is 0 Å². The van der Waals surface area contributed by atoms with Gasteiger partial charge in [0, 0.05) is 43.3 Å². The lowest BCUT2D eigenvalue weighted by Crippen LogP contribution is -2.21. The summed E-state index contributed by atoms with van der Waals surface area (Å²) < 4.78 is 1.16. The lowest BCUT2D eigenvalue weighted by atomic mass is 10.00. The van der Waals surface area contributed by atoms with Gasteiger partial charge in [-0.2, -0.15) is 23.5 Å². The van der Waals surface area contributed by atoms with Gasteiger partial charge >= 0.3 is 0 Å². The van der Waals surface area contributed by atoms with Crippen molar-refractivity contribution in [3.05, 3.63) is 44.9 Å². The molecule has 0 spiro atoms. The molecule has 4 atom stereocenters. The van der Waals surface area contributed by atoms with Crippen molar-refractivity contribution >= 4 is 104 Å². The van der Waals surface area contributed by atoms with Gasteiger partial charge in [-0.3, -0.25) is 9.59 Å². The van der Waals surface area contributed by atoms with Gasteiger partial charge in [-0.15, -0.1) is 47.0 Å². The monoisotopic (exact) mass is 608 g/mol. The summed E-state index contributed by atoms with van der Waals surface area (Å²) in [5.74, 6) is 3.93. The van der Waals surface area contributed by atoms with Crippen molar-refractivity contribution in [2.45, 2.75) is 59.2 Å². The Labute approximate surface area is 239 Å². The first-order chi connectivity index (χ1) is 16.4. The minimum Gasteiger partial charge on any atom is -0.282 e. The summed E-state index contributed by atoms with van der Waals surface area (Å²) in [7, 11) is 0. The van der Waals surface area contributed by atoms with Crippen molar-refractivity contribution in [3.8, 4) is 0 Å². The molecule has 10 heteroatoms. The Morgan fingerprint density at radius 2 is 1.26 bits per heavy atom. The number of rotatable bonds is 12. The smallest absolute Gasteiger partial charge is 0.211 e. The van der Waals surface area contributed by atoms with Gasteiger partial charge in [-0.25, -0.2) is 0 Å². The van der Waals surface area contributed by atoms with Crippen molar-refractivity contribution < 1.29 is 9.59 Å². The van der Waals surface area contributed by atoms with Crippen molar-refractivity contribution in [1.82, 2.24) is 0 Å². The molecule has 2 heterocycles. The molecule has 1 saturated carbocycles. The van der Waals surface area contributed by atoms with Gasteiger partial charge in [0.05, 0.1) is 9.16 Å². The number of hydrogen-bond acceptors (Lipinski definition) is 10. The molecule has 3 aliphatic rings. The van der Waals surface area contributed by atoms with E-state index in [1.807, 2.05) is 47.0 Å². The Morgan fingerprint density at radius 1 is 0.824 bits per heavy atom. The molecule has 0 saturated heterocycles. The third-order valence-electron chi connectivity index (χ3n) is 5.49. The second-order valence-electron chi connectivity index (χ2n) is 7.99. The summed E-state index contributed by atoms with van der Waals surface area (Å²) >= 11 is 15.0. The minimum absolute atomic E-state index is 0.0627. The minimum atomic E-state index is 0.0627. The normalized spacial score (nSPS) is 27.4. The molecule has 188 valence electrons. The number of hydrogen-bond donors (Lipinski definition) is 0. The molecule has 0 radical (unpaired) electrons. The van der Waals surface area contributed by atoms with Crippen LogP contribution in [0.4, 0.5) is 0 Å². The Balaban J connectivity index is 1.33. The third kappa shape index (κ3) is 9.76. The Morgan fingerprint density at radius 3 is 1.68 bits per heavy atom. The second-order valence-corrected chi connectivity index (χ2v) is 18.6. The highest BCUT2D eigenvalue weighted by molar-refractivity contribution is 8.26. The van der Waals surface area contributed by atoms with Gasteiger partial charge < -0.3 is 0 Å². The topological polar surface area (TPSA) is 34.1 Å². The summed E-state index contributed by atoms with van der Waals surface area (Å²) in [5.41, 5.74) is 0. The molecule has 2 aliphatic heterocycles. The molecule has 1 aliphatic carbocycles. The maximum Gasteiger partial charge on any atom is 0.211 e. The van der Waals surface area contributed by atoms with E-state index in [0.29, 0.717) is 9.16 Å². The summed E-state index contributed by atoms with van der Waals surface area (Å²) in [6.07, 6.45) is 8.18. The Kier molecular flexibility index (Phi) is 13.5. The predicted molar refractivity (Wildman–Crippen MR) is 170 cm³/mol. The van der Waals surface area contributed by atoms with E-state index in [-0.39, 0.29) is 10.2 Å². The van der Waals surface area contributed by atoms with Crippen LogP contribution < -0.4 is 0 Å². The number of allylic oxidation sites excluding steroid dienone is 2. The van der Waals surface area contributed by atoms with Crippen LogP contribution in [-0.2, 0) is 9.59 Å². The van der Waals surface area contributed by atoms with Crippen LogP contribution in [0.3, 0.4) is 0 Å². The van der Waals surface area contributed by atoms with Crippen LogP contribution in [0, 0.1) is 0 Å². The van der Waals surface area contributed by atoms with E-state index in [1.165, 1.54) is 92.5 Å². The van der Waals surface area contributed by atoms with Crippen molar-refractivity contribution in [1.29, 1.82) is 0 Å². The molecule has 4 unspecified atom stereocenters. The van der Waals surface area contributed by atoms with Crippen LogP contribution >= 0.6 is 94.1 Å². The predicted octanol–water partition coefficient (Wildman–Crippen LogP) is 8.73. The summed E-state index contributed by atoms with van der Waals surface area (Å²) in [6, 6.07) is 0. The van der Waals surface area contributed by atoms with E-state index in [4.69, 9.17) is 0 Å². The van der Waals surface area contributed by atoms with Gasteiger partial charge in [0.1, 0.15) is 0 Å². The zero-order chi connectivity index (χ0) is 24.5. The molecule has 0 bridgehead atoms. The van der Waals surface area contributed by atoms with Gasteiger partial charge in [0.2, 0.25) is 10.2 Å². The summed E-state index contributed by atoms with van der Waals surface area (Å²) in [5, 5.41) is 1.67. The third-order valence-corrected chi connectivity index (χ3v) is 17.1. The fourth-order valence-electron chi connectivity index (χ4n) is 3.69. The lowest BCUT2D eigenvalue weighted by Gasteiger charge is -2.29. The number of carbonyl (C=O) groups is 2. The fourth-order valence-corrected chi connectivity index (χ4v) is 15.1. The van der Waals surface area contributed by atoms with Crippen LogP contribution in [0.15, 0.2) is 44.9 Å². The molecule has 3 rings (SSSR count). The highest BCUT2D eigenvalue weighted by Crippen LogP contribution is 2.50. The molecular weight excluding hydrogens is 577 g/mol. The first kappa shape index (κ1) is 29.7. The summed E-state index contributed by atoms with van der Waals surface area (Å²) in [4.78, 5) is 28.6. The molecule has 0 aromatic rings. The van der Waals surface area contributed by atoms with Crippen LogP contribution in [0.2, 0.25) is 0 Å². The summed E-state index contributed by atoms with van der Waals surface area (Å²) in [6.45, 7) is 11.5. The molecule has 0 N–H and O–H groups in total. The standard InChI is InChI=1S/C24H32O2S8/c1-5-21(25)29-11-19-15(3)31-23(33-19)13-27-17-8-7-9-18(10-17)28-14-24-32-16(4)20(34-24)12-30-22(26)6-2/h5-6,17-18,23-24H,1-2,7-14H2,3-4H3. The maximum absolute atomic E-state index is 11.5. The maximum atomic E-state index is 11.5. The van der Waals surface area contributed by atoms with E-state index in [1.54, 1.807) is 0 Å². The zero-order valence-electron chi connectivity index (χ0n) is 19.6. The average Bonchev–Trinajstić information content (AvgIpc) is 3.39.